The van der Waals surface area contributed by atoms with Gasteiger partial charge < -0.3 is 10.1 Å². The molecule has 0 radical (unpaired) electrons. The van der Waals surface area contributed by atoms with E-state index >= 15 is 0 Å². The number of pyridine rings is 1. The summed E-state index contributed by atoms with van der Waals surface area (Å²) < 4.78 is 6.32. The van der Waals surface area contributed by atoms with Crippen LogP contribution in [0.3, 0.4) is 0 Å². The van der Waals surface area contributed by atoms with Gasteiger partial charge in [-0.25, -0.2) is 4.98 Å². The van der Waals surface area contributed by atoms with Crippen molar-refractivity contribution in [1.82, 2.24) is 14.7 Å². The smallest absolute Gasteiger partial charge is 0.308 e. The van der Waals surface area contributed by atoms with Crippen molar-refractivity contribution < 1.29 is 14.3 Å². The van der Waals surface area contributed by atoms with Crippen LogP contribution in [0.1, 0.15) is 73.2 Å². The first kappa shape index (κ1) is 21.6. The topological polar surface area (TPSA) is 89.8 Å². The zero-order chi connectivity index (χ0) is 22.9. The van der Waals surface area contributed by atoms with Crippen molar-refractivity contribution in [3.05, 3.63) is 58.0 Å². The number of carbonyl (C=O) groups excluding carboxylic acids is 2. The second-order valence-electron chi connectivity index (χ2n) is 9.34. The van der Waals surface area contributed by atoms with Crippen LogP contribution in [-0.2, 0) is 9.53 Å². The molecule has 7 nitrogen and oxygen atoms in total. The van der Waals surface area contributed by atoms with E-state index in [1.807, 2.05) is 12.1 Å². The molecule has 172 valence electrons. The summed E-state index contributed by atoms with van der Waals surface area (Å²) in [4.78, 5) is 42.9. The Kier molecular flexibility index (Phi) is 5.87. The molecule has 7 heteroatoms. The summed E-state index contributed by atoms with van der Waals surface area (Å²) in [6.07, 6.45) is 9.30. The average molecular weight is 448 g/mol. The monoisotopic (exact) mass is 447 g/mol. The fourth-order valence-electron chi connectivity index (χ4n) is 5.44. The number of methoxy groups -OCH3 is 1. The standard InChI is InChI=1S/C26H29N3O4/c1-33-26(32)17-8-11-19(12-9-17)27-24(30)20-7-4-14-29-23(20)28-22-13-10-18(15-21(22)25(29)31)16-5-2-3-6-16/h4,7,10,13-17,19H,2-3,5-6,8-9,11-12H2,1H3,(H,27,30)/t17-,19+. The minimum absolute atomic E-state index is 0.0141. The highest BCUT2D eigenvalue weighted by Crippen LogP contribution is 2.34. The number of aromatic nitrogens is 2. The number of benzene rings is 1. The molecular weight excluding hydrogens is 418 g/mol. The highest BCUT2D eigenvalue weighted by Gasteiger charge is 2.28. The Labute approximate surface area is 192 Å². The van der Waals surface area contributed by atoms with Crippen molar-refractivity contribution in [3.63, 3.8) is 0 Å². The first-order chi connectivity index (χ1) is 16.0. The van der Waals surface area contributed by atoms with E-state index in [1.165, 1.54) is 42.8 Å². The van der Waals surface area contributed by atoms with Gasteiger partial charge in [0.15, 0.2) is 5.65 Å². The molecule has 3 aromatic rings. The molecule has 2 aliphatic carbocycles. The first-order valence-corrected chi connectivity index (χ1v) is 11.9. The van der Waals surface area contributed by atoms with Crippen LogP contribution >= 0.6 is 0 Å². The molecule has 1 amide bonds. The lowest BCUT2D eigenvalue weighted by Gasteiger charge is -2.27. The summed E-state index contributed by atoms with van der Waals surface area (Å²) in [5.74, 6) is -0.00821. The number of hydrogen-bond acceptors (Lipinski definition) is 5. The molecule has 1 aromatic carbocycles. The first-order valence-electron chi connectivity index (χ1n) is 11.9. The summed E-state index contributed by atoms with van der Waals surface area (Å²) in [6.45, 7) is 0. The molecule has 2 fully saturated rings. The fourth-order valence-corrected chi connectivity index (χ4v) is 5.44. The Morgan fingerprint density at radius 1 is 1.06 bits per heavy atom. The zero-order valence-electron chi connectivity index (χ0n) is 18.9. The van der Waals surface area contributed by atoms with Gasteiger partial charge in [-0.3, -0.25) is 18.8 Å². The van der Waals surface area contributed by atoms with E-state index in [0.29, 0.717) is 40.9 Å². The molecule has 2 heterocycles. The third kappa shape index (κ3) is 4.12. The lowest BCUT2D eigenvalue weighted by atomic mass is 9.86. The molecule has 0 spiro atoms. The normalized spacial score (nSPS) is 21.4. The zero-order valence-corrected chi connectivity index (χ0v) is 18.9. The Bertz CT molecular complexity index is 1270. The highest BCUT2D eigenvalue weighted by atomic mass is 16.5. The highest BCUT2D eigenvalue weighted by molar-refractivity contribution is 6.00. The van der Waals surface area contributed by atoms with Gasteiger partial charge in [-0.2, -0.15) is 0 Å². The third-order valence-corrected chi connectivity index (χ3v) is 7.33. The molecule has 5 rings (SSSR count). The molecule has 0 unspecified atom stereocenters. The Hall–Kier alpha value is -3.22. The molecule has 2 aromatic heterocycles. The van der Waals surface area contributed by atoms with Gasteiger partial charge in [0.25, 0.3) is 11.5 Å². The van der Waals surface area contributed by atoms with Gasteiger partial charge in [0.05, 0.1) is 29.5 Å². The van der Waals surface area contributed by atoms with Gasteiger partial charge >= 0.3 is 5.97 Å². The summed E-state index contributed by atoms with van der Waals surface area (Å²) in [6, 6.07) is 9.37. The number of carbonyl (C=O) groups is 2. The van der Waals surface area contributed by atoms with Crippen LogP contribution < -0.4 is 10.9 Å². The number of hydrogen-bond donors (Lipinski definition) is 1. The van der Waals surface area contributed by atoms with Crippen molar-refractivity contribution >= 4 is 28.4 Å². The van der Waals surface area contributed by atoms with E-state index in [2.05, 4.69) is 11.4 Å². The number of fused-ring (bicyclic) bond motifs is 2. The van der Waals surface area contributed by atoms with Gasteiger partial charge in [-0.05, 0) is 74.3 Å². The van der Waals surface area contributed by atoms with Crippen LogP contribution in [-0.4, -0.2) is 34.4 Å². The van der Waals surface area contributed by atoms with Crippen LogP contribution in [0.4, 0.5) is 0 Å². The maximum atomic E-state index is 13.3. The maximum absolute atomic E-state index is 13.3. The van der Waals surface area contributed by atoms with Crippen molar-refractivity contribution in [2.24, 2.45) is 5.92 Å². The molecule has 0 atom stereocenters. The number of rotatable bonds is 4. The molecule has 2 aliphatic rings. The summed E-state index contributed by atoms with van der Waals surface area (Å²) in [5.41, 5.74) is 2.41. The SMILES string of the molecule is COC(=O)[C@H]1CC[C@@H](NC(=O)c2cccn3c(=O)c4cc(C5CCCC5)ccc4nc23)CC1. The van der Waals surface area contributed by atoms with Gasteiger partial charge in [0.1, 0.15) is 0 Å². The van der Waals surface area contributed by atoms with E-state index < -0.39 is 0 Å². The molecular formula is C26H29N3O4. The van der Waals surface area contributed by atoms with Gasteiger partial charge in [-0.15, -0.1) is 0 Å². The summed E-state index contributed by atoms with van der Waals surface area (Å²) in [7, 11) is 1.41. The largest absolute Gasteiger partial charge is 0.469 e. The fraction of sp³-hybridized carbons (Fsp3) is 0.462. The second-order valence-corrected chi connectivity index (χ2v) is 9.34. The molecule has 33 heavy (non-hydrogen) atoms. The number of ether oxygens (including phenoxy) is 1. The quantitative estimate of drug-likeness (QED) is 0.483. The van der Waals surface area contributed by atoms with Crippen LogP contribution in [0.5, 0.6) is 0 Å². The maximum Gasteiger partial charge on any atom is 0.308 e. The van der Waals surface area contributed by atoms with Gasteiger partial charge in [0.2, 0.25) is 0 Å². The van der Waals surface area contributed by atoms with E-state index in [-0.39, 0.29) is 29.4 Å². The van der Waals surface area contributed by atoms with Crippen molar-refractivity contribution in [2.75, 3.05) is 7.11 Å². The lowest BCUT2D eigenvalue weighted by molar-refractivity contribution is -0.146. The Morgan fingerprint density at radius 2 is 1.82 bits per heavy atom. The molecule has 0 bridgehead atoms. The van der Waals surface area contributed by atoms with E-state index in [1.54, 1.807) is 18.3 Å². The van der Waals surface area contributed by atoms with Crippen LogP contribution in [0.2, 0.25) is 0 Å². The van der Waals surface area contributed by atoms with Crippen molar-refractivity contribution in [1.29, 1.82) is 0 Å². The number of esters is 1. The summed E-state index contributed by atoms with van der Waals surface area (Å²) >= 11 is 0. The van der Waals surface area contributed by atoms with Crippen LogP contribution in [0, 0.1) is 5.92 Å². The summed E-state index contributed by atoms with van der Waals surface area (Å²) in [5, 5.41) is 3.67. The predicted molar refractivity (Wildman–Crippen MR) is 125 cm³/mol. The van der Waals surface area contributed by atoms with Crippen LogP contribution in [0.25, 0.3) is 16.6 Å². The van der Waals surface area contributed by atoms with E-state index in [9.17, 15) is 14.4 Å². The van der Waals surface area contributed by atoms with Gasteiger partial charge in [-0.1, -0.05) is 18.9 Å². The van der Waals surface area contributed by atoms with Crippen LogP contribution in [0.15, 0.2) is 41.3 Å². The van der Waals surface area contributed by atoms with E-state index in [0.717, 1.165) is 12.8 Å². The predicted octanol–water partition coefficient (Wildman–Crippen LogP) is 3.97. The third-order valence-electron chi connectivity index (χ3n) is 7.33. The van der Waals surface area contributed by atoms with E-state index in [4.69, 9.17) is 9.72 Å². The molecule has 0 saturated heterocycles. The molecule has 2 saturated carbocycles. The number of amides is 1. The minimum Gasteiger partial charge on any atom is -0.469 e. The Balaban J connectivity index is 1.42. The molecule has 1 N–H and O–H groups in total. The molecule has 0 aliphatic heterocycles. The number of nitrogens with one attached hydrogen (secondary N) is 1. The van der Waals surface area contributed by atoms with Crippen molar-refractivity contribution in [2.45, 2.75) is 63.3 Å². The second kappa shape index (κ2) is 8.96. The number of nitrogens with zero attached hydrogens (tertiary/aromatic N) is 2. The lowest BCUT2D eigenvalue weighted by Crippen LogP contribution is -2.39. The minimum atomic E-state index is -0.247. The van der Waals surface area contributed by atoms with Crippen molar-refractivity contribution in [3.8, 4) is 0 Å². The Morgan fingerprint density at radius 3 is 2.55 bits per heavy atom. The van der Waals surface area contributed by atoms with Gasteiger partial charge in [0, 0.05) is 12.2 Å². The average Bonchev–Trinajstić information content (AvgIpc) is 3.39.